The number of hydrogen-bond donors (Lipinski definition) is 0. The van der Waals surface area contributed by atoms with Crippen LogP contribution in [0.25, 0.3) is 26.8 Å². The first-order chi connectivity index (χ1) is 13.1. The highest BCUT2D eigenvalue weighted by molar-refractivity contribution is 7.19. The average molecular weight is 380 g/mol. The number of methoxy groups -OCH3 is 2. The van der Waals surface area contributed by atoms with Crippen molar-refractivity contribution in [1.29, 1.82) is 0 Å². The van der Waals surface area contributed by atoms with Gasteiger partial charge < -0.3 is 9.47 Å². The third-order valence-electron chi connectivity index (χ3n) is 4.11. The second kappa shape index (κ2) is 6.81. The Hall–Kier alpha value is -3.26. The fraction of sp³-hybridized carbons (Fsp3) is 0.158. The van der Waals surface area contributed by atoms with E-state index in [0.29, 0.717) is 27.0 Å². The number of benzene rings is 2. The van der Waals surface area contributed by atoms with Crippen molar-refractivity contribution < 1.29 is 9.47 Å². The molecule has 0 atom stereocenters. The molecule has 0 spiro atoms. The lowest BCUT2D eigenvalue weighted by atomic mass is 10.1. The highest BCUT2D eigenvalue weighted by Gasteiger charge is 2.15. The van der Waals surface area contributed by atoms with Gasteiger partial charge in [-0.3, -0.25) is 4.79 Å². The van der Waals surface area contributed by atoms with Crippen molar-refractivity contribution in [2.45, 2.75) is 6.92 Å². The van der Waals surface area contributed by atoms with Crippen LogP contribution in [0.15, 0.2) is 47.3 Å². The van der Waals surface area contributed by atoms with Crippen LogP contribution in [0.3, 0.4) is 0 Å². The van der Waals surface area contributed by atoms with Crippen LogP contribution in [-0.4, -0.2) is 34.0 Å². The summed E-state index contributed by atoms with van der Waals surface area (Å²) in [7, 11) is 3.17. The normalized spacial score (nSPS) is 10.9. The molecule has 0 aliphatic rings. The summed E-state index contributed by atoms with van der Waals surface area (Å²) in [6.45, 7) is 1.99. The molecule has 4 aromatic rings. The molecule has 0 saturated heterocycles. The number of aromatic nitrogens is 4. The third-order valence-corrected chi connectivity index (χ3v) is 5.06. The summed E-state index contributed by atoms with van der Waals surface area (Å²) < 4.78 is 11.9. The van der Waals surface area contributed by atoms with Crippen LogP contribution in [-0.2, 0) is 0 Å². The number of ether oxygens (including phenoxy) is 2. The molecule has 0 unspecified atom stereocenters. The van der Waals surface area contributed by atoms with Crippen molar-refractivity contribution in [2.24, 2.45) is 0 Å². The summed E-state index contributed by atoms with van der Waals surface area (Å²) in [5.41, 5.74) is 2.56. The Labute approximate surface area is 158 Å². The van der Waals surface area contributed by atoms with E-state index in [0.717, 1.165) is 11.1 Å². The quantitative estimate of drug-likeness (QED) is 0.541. The van der Waals surface area contributed by atoms with Crippen molar-refractivity contribution in [3.8, 4) is 33.3 Å². The van der Waals surface area contributed by atoms with Crippen LogP contribution >= 0.6 is 11.3 Å². The van der Waals surface area contributed by atoms with E-state index in [2.05, 4.69) is 15.3 Å². The molecule has 0 N–H and O–H groups in total. The molecule has 136 valence electrons. The summed E-state index contributed by atoms with van der Waals surface area (Å²) in [5.74, 6) is 1.28. The molecule has 0 bridgehead atoms. The third kappa shape index (κ3) is 3.15. The first-order valence-corrected chi connectivity index (χ1v) is 8.98. The lowest BCUT2D eigenvalue weighted by Crippen LogP contribution is -2.19. The second-order valence-electron chi connectivity index (χ2n) is 5.92. The second-order valence-corrected chi connectivity index (χ2v) is 6.88. The van der Waals surface area contributed by atoms with E-state index >= 15 is 0 Å². The fourth-order valence-electron chi connectivity index (χ4n) is 2.65. The van der Waals surface area contributed by atoms with Gasteiger partial charge in [-0.25, -0.2) is 0 Å². The van der Waals surface area contributed by atoms with E-state index in [4.69, 9.17) is 9.47 Å². The predicted octanol–water partition coefficient (Wildman–Crippen LogP) is 3.21. The van der Waals surface area contributed by atoms with Gasteiger partial charge in [-0.2, -0.15) is 9.61 Å². The van der Waals surface area contributed by atoms with Crippen LogP contribution in [0.5, 0.6) is 11.5 Å². The van der Waals surface area contributed by atoms with Crippen molar-refractivity contribution in [1.82, 2.24) is 19.8 Å². The Balaban J connectivity index is 1.85. The van der Waals surface area contributed by atoms with Crippen LogP contribution in [0.2, 0.25) is 0 Å². The zero-order valence-corrected chi connectivity index (χ0v) is 15.8. The maximum Gasteiger partial charge on any atom is 0.302 e. The van der Waals surface area contributed by atoms with Gasteiger partial charge in [0.2, 0.25) is 4.96 Å². The van der Waals surface area contributed by atoms with Crippen LogP contribution < -0.4 is 15.0 Å². The Morgan fingerprint density at radius 1 is 0.926 bits per heavy atom. The largest absolute Gasteiger partial charge is 0.497 e. The topological polar surface area (TPSA) is 78.6 Å². The first-order valence-electron chi connectivity index (χ1n) is 8.16. The van der Waals surface area contributed by atoms with Crippen molar-refractivity contribution in [3.63, 3.8) is 0 Å². The van der Waals surface area contributed by atoms with Gasteiger partial charge in [-0.1, -0.05) is 41.2 Å². The highest BCUT2D eigenvalue weighted by Crippen LogP contribution is 2.31. The van der Waals surface area contributed by atoms with Crippen molar-refractivity contribution in [3.05, 3.63) is 58.4 Å². The standard InChI is InChI=1S/C19H16N4O3S/c1-11-4-6-12(7-5-11)16-18(24)23-19(21-20-16)27-17(22-23)13-8-14(25-2)10-15(9-13)26-3/h4-10H,1-3H3. The molecule has 0 aliphatic carbocycles. The molecule has 4 rings (SSSR count). The minimum Gasteiger partial charge on any atom is -0.497 e. The van der Waals surface area contributed by atoms with Crippen LogP contribution in [0, 0.1) is 6.92 Å². The lowest BCUT2D eigenvalue weighted by Gasteiger charge is -2.06. The summed E-state index contributed by atoms with van der Waals surface area (Å²) in [5, 5.41) is 13.4. The molecule has 2 aromatic heterocycles. The minimum absolute atomic E-state index is 0.271. The van der Waals surface area contributed by atoms with Gasteiger partial charge in [-0.05, 0) is 19.1 Å². The zero-order chi connectivity index (χ0) is 19.0. The summed E-state index contributed by atoms with van der Waals surface area (Å²) >= 11 is 1.28. The van der Waals surface area contributed by atoms with Gasteiger partial charge in [0.25, 0.3) is 0 Å². The van der Waals surface area contributed by atoms with Gasteiger partial charge in [-0.15, -0.1) is 10.2 Å². The van der Waals surface area contributed by atoms with E-state index in [1.807, 2.05) is 43.3 Å². The van der Waals surface area contributed by atoms with Gasteiger partial charge in [0.15, 0.2) is 5.69 Å². The number of fused-ring (bicyclic) bond motifs is 1. The van der Waals surface area contributed by atoms with Gasteiger partial charge in [0, 0.05) is 17.2 Å². The SMILES string of the molecule is COc1cc(OC)cc(-c2nn3c(=O)c(-c4ccc(C)cc4)nnc3s2)c1. The summed E-state index contributed by atoms with van der Waals surface area (Å²) in [6.07, 6.45) is 0. The molecule has 27 heavy (non-hydrogen) atoms. The first kappa shape index (κ1) is 17.2. The van der Waals surface area contributed by atoms with Crippen LogP contribution in [0.4, 0.5) is 0 Å². The summed E-state index contributed by atoms with van der Waals surface area (Å²) in [6, 6.07) is 13.0. The Morgan fingerprint density at radius 2 is 1.59 bits per heavy atom. The lowest BCUT2D eigenvalue weighted by molar-refractivity contribution is 0.394. The Kier molecular flexibility index (Phi) is 4.33. The number of hydrogen-bond acceptors (Lipinski definition) is 7. The van der Waals surface area contributed by atoms with E-state index in [1.54, 1.807) is 20.3 Å². The molecule has 2 aromatic carbocycles. The maximum atomic E-state index is 12.9. The highest BCUT2D eigenvalue weighted by atomic mass is 32.1. The Bertz CT molecular complexity index is 1160. The molecule has 2 heterocycles. The fourth-order valence-corrected chi connectivity index (χ4v) is 3.48. The smallest absolute Gasteiger partial charge is 0.302 e. The molecule has 8 heteroatoms. The number of aryl methyl sites for hydroxylation is 1. The molecule has 0 aliphatic heterocycles. The number of nitrogens with zero attached hydrogens (tertiary/aromatic N) is 4. The minimum atomic E-state index is -0.304. The zero-order valence-electron chi connectivity index (χ0n) is 15.0. The monoisotopic (exact) mass is 380 g/mol. The van der Waals surface area contributed by atoms with Gasteiger partial charge in [0.05, 0.1) is 14.2 Å². The van der Waals surface area contributed by atoms with E-state index in [9.17, 15) is 4.79 Å². The van der Waals surface area contributed by atoms with Crippen molar-refractivity contribution >= 4 is 16.3 Å². The van der Waals surface area contributed by atoms with Gasteiger partial charge >= 0.3 is 5.56 Å². The molecule has 0 amide bonds. The Morgan fingerprint density at radius 3 is 2.22 bits per heavy atom. The molecule has 0 radical (unpaired) electrons. The predicted molar refractivity (Wildman–Crippen MR) is 104 cm³/mol. The number of rotatable bonds is 4. The maximum absolute atomic E-state index is 12.9. The average Bonchev–Trinajstić information content (AvgIpc) is 3.14. The molecule has 0 saturated carbocycles. The molecular formula is C19H16N4O3S. The van der Waals surface area contributed by atoms with E-state index in [1.165, 1.54) is 15.9 Å². The molecule has 0 fully saturated rings. The van der Waals surface area contributed by atoms with E-state index < -0.39 is 0 Å². The summed E-state index contributed by atoms with van der Waals surface area (Å²) in [4.78, 5) is 13.3. The van der Waals surface area contributed by atoms with Crippen LogP contribution in [0.1, 0.15) is 5.56 Å². The molecular weight excluding hydrogens is 364 g/mol. The molecule has 7 nitrogen and oxygen atoms in total. The van der Waals surface area contributed by atoms with Gasteiger partial charge in [0.1, 0.15) is 16.5 Å². The van der Waals surface area contributed by atoms with Crippen molar-refractivity contribution in [2.75, 3.05) is 14.2 Å². The van der Waals surface area contributed by atoms with E-state index in [-0.39, 0.29) is 11.3 Å².